The van der Waals surface area contributed by atoms with Crippen molar-refractivity contribution in [1.82, 2.24) is 5.32 Å². The average Bonchev–Trinajstić information content (AvgIpc) is 1.79. The third-order valence-corrected chi connectivity index (χ3v) is 2.06. The Labute approximate surface area is 63.0 Å². The van der Waals surface area contributed by atoms with Gasteiger partial charge in [-0.1, -0.05) is 0 Å². The maximum atomic E-state index is 5.72. The fraction of sp³-hybridized carbons (Fsp3) is 1.00. The van der Waals surface area contributed by atoms with Crippen LogP contribution in [0, 0.1) is 0 Å². The lowest BCUT2D eigenvalue weighted by Crippen LogP contribution is -2.54. The fourth-order valence-corrected chi connectivity index (χ4v) is 1.22. The molecule has 0 aromatic carbocycles. The van der Waals surface area contributed by atoms with Crippen LogP contribution in [0.5, 0.6) is 0 Å². The largest absolute Gasteiger partial charge is 0.370 e. The molecular weight excluding hydrogens is 126 g/mol. The van der Waals surface area contributed by atoms with Crippen LogP contribution in [-0.4, -0.2) is 24.3 Å². The second kappa shape index (κ2) is 2.51. The highest BCUT2D eigenvalue weighted by Crippen LogP contribution is 2.17. The molecule has 60 valence electrons. The molecule has 0 bridgehead atoms. The van der Waals surface area contributed by atoms with Crippen molar-refractivity contribution in [3.63, 3.8) is 0 Å². The molecular formula is C8H17NO. The summed E-state index contributed by atoms with van der Waals surface area (Å²) >= 11 is 0. The van der Waals surface area contributed by atoms with E-state index in [1.165, 1.54) is 0 Å². The van der Waals surface area contributed by atoms with Crippen LogP contribution in [-0.2, 0) is 4.74 Å². The van der Waals surface area contributed by atoms with Crippen LogP contribution in [0.4, 0.5) is 0 Å². The van der Waals surface area contributed by atoms with Gasteiger partial charge in [0.15, 0.2) is 0 Å². The van der Waals surface area contributed by atoms with Crippen molar-refractivity contribution in [2.75, 3.05) is 6.54 Å². The average molecular weight is 143 g/mol. The van der Waals surface area contributed by atoms with Gasteiger partial charge in [0, 0.05) is 12.6 Å². The Bertz CT molecular complexity index is 122. The zero-order valence-corrected chi connectivity index (χ0v) is 7.27. The molecule has 1 saturated heterocycles. The maximum Gasteiger partial charge on any atom is 0.0754 e. The Morgan fingerprint density at radius 2 is 2.00 bits per heavy atom. The van der Waals surface area contributed by atoms with Crippen LogP contribution in [0.25, 0.3) is 0 Å². The van der Waals surface area contributed by atoms with Crippen molar-refractivity contribution in [1.29, 1.82) is 0 Å². The van der Waals surface area contributed by atoms with Gasteiger partial charge in [0.05, 0.1) is 11.7 Å². The minimum absolute atomic E-state index is 0.0198. The molecule has 0 aliphatic carbocycles. The minimum atomic E-state index is 0.0198. The molecule has 0 saturated carbocycles. The number of ether oxygens (including phenoxy) is 1. The monoisotopic (exact) mass is 143 g/mol. The van der Waals surface area contributed by atoms with E-state index in [0.717, 1.165) is 6.54 Å². The molecule has 2 atom stereocenters. The zero-order chi connectivity index (χ0) is 7.78. The molecule has 0 radical (unpaired) electrons. The lowest BCUT2D eigenvalue weighted by Gasteiger charge is -2.39. The molecule has 2 nitrogen and oxygen atoms in total. The minimum Gasteiger partial charge on any atom is -0.370 e. The number of hydrogen-bond donors (Lipinski definition) is 1. The van der Waals surface area contributed by atoms with E-state index in [9.17, 15) is 0 Å². The van der Waals surface area contributed by atoms with Crippen LogP contribution in [0.2, 0.25) is 0 Å². The molecule has 1 aliphatic rings. The molecule has 1 aliphatic heterocycles. The van der Waals surface area contributed by atoms with E-state index in [4.69, 9.17) is 4.74 Å². The van der Waals surface area contributed by atoms with Gasteiger partial charge in [0.25, 0.3) is 0 Å². The summed E-state index contributed by atoms with van der Waals surface area (Å²) in [7, 11) is 0. The van der Waals surface area contributed by atoms with Gasteiger partial charge in [-0.25, -0.2) is 0 Å². The molecule has 10 heavy (non-hydrogen) atoms. The molecule has 1 rings (SSSR count). The van der Waals surface area contributed by atoms with E-state index >= 15 is 0 Å². The smallest absolute Gasteiger partial charge is 0.0754 e. The van der Waals surface area contributed by atoms with E-state index in [2.05, 4.69) is 33.0 Å². The third kappa shape index (κ3) is 1.70. The second-order valence-electron chi connectivity index (χ2n) is 3.75. The standard InChI is InChI=1S/C8H17NO/c1-6-7(2)10-8(3,4)5-9-6/h6-7,9H,5H2,1-4H3. The van der Waals surface area contributed by atoms with Gasteiger partial charge in [0.2, 0.25) is 0 Å². The molecule has 2 heteroatoms. The van der Waals surface area contributed by atoms with Crippen LogP contribution in [0.15, 0.2) is 0 Å². The van der Waals surface area contributed by atoms with Crippen LogP contribution < -0.4 is 5.32 Å². The number of morpholine rings is 1. The summed E-state index contributed by atoms with van der Waals surface area (Å²) in [5.74, 6) is 0. The van der Waals surface area contributed by atoms with Crippen molar-refractivity contribution in [2.45, 2.75) is 45.4 Å². The first-order chi connectivity index (χ1) is 4.51. The summed E-state index contributed by atoms with van der Waals surface area (Å²) in [5, 5.41) is 3.40. The Balaban J connectivity index is 2.49. The van der Waals surface area contributed by atoms with Crippen LogP contribution in [0.3, 0.4) is 0 Å². The van der Waals surface area contributed by atoms with E-state index in [1.807, 2.05) is 0 Å². The van der Waals surface area contributed by atoms with Gasteiger partial charge in [-0.3, -0.25) is 0 Å². The van der Waals surface area contributed by atoms with Gasteiger partial charge in [-0.15, -0.1) is 0 Å². The Hall–Kier alpha value is -0.0800. The molecule has 1 fully saturated rings. The summed E-state index contributed by atoms with van der Waals surface area (Å²) in [6, 6.07) is 0.494. The van der Waals surface area contributed by atoms with Crippen molar-refractivity contribution in [3.8, 4) is 0 Å². The summed E-state index contributed by atoms with van der Waals surface area (Å²) < 4.78 is 5.72. The molecule has 0 aromatic heterocycles. The van der Waals surface area contributed by atoms with Crippen molar-refractivity contribution < 1.29 is 4.74 Å². The summed E-state index contributed by atoms with van der Waals surface area (Å²) in [6.07, 6.45) is 0.337. The van der Waals surface area contributed by atoms with Gasteiger partial charge in [0.1, 0.15) is 0 Å². The Morgan fingerprint density at radius 1 is 1.40 bits per heavy atom. The quantitative estimate of drug-likeness (QED) is 0.549. The first-order valence-corrected chi connectivity index (χ1v) is 3.92. The molecule has 0 spiro atoms. The van der Waals surface area contributed by atoms with E-state index < -0.39 is 0 Å². The Kier molecular flexibility index (Phi) is 2.02. The predicted octanol–water partition coefficient (Wildman–Crippen LogP) is 1.16. The lowest BCUT2D eigenvalue weighted by molar-refractivity contribution is -0.103. The maximum absolute atomic E-state index is 5.72. The SMILES string of the molecule is CC1NCC(C)(C)OC1C. The van der Waals surface area contributed by atoms with Gasteiger partial charge >= 0.3 is 0 Å². The normalized spacial score (nSPS) is 39.6. The number of hydrogen-bond acceptors (Lipinski definition) is 2. The zero-order valence-electron chi connectivity index (χ0n) is 7.27. The Morgan fingerprint density at radius 3 is 2.40 bits per heavy atom. The predicted molar refractivity (Wildman–Crippen MR) is 42.1 cm³/mol. The highest BCUT2D eigenvalue weighted by Gasteiger charge is 2.29. The van der Waals surface area contributed by atoms with E-state index in [1.54, 1.807) is 0 Å². The number of nitrogens with one attached hydrogen (secondary N) is 1. The van der Waals surface area contributed by atoms with Crippen LogP contribution in [0.1, 0.15) is 27.7 Å². The van der Waals surface area contributed by atoms with E-state index in [0.29, 0.717) is 12.1 Å². The summed E-state index contributed by atoms with van der Waals surface area (Å²) in [4.78, 5) is 0. The topological polar surface area (TPSA) is 21.3 Å². The number of rotatable bonds is 0. The van der Waals surface area contributed by atoms with Gasteiger partial charge < -0.3 is 10.1 Å². The van der Waals surface area contributed by atoms with Crippen LogP contribution >= 0.6 is 0 Å². The first-order valence-electron chi connectivity index (χ1n) is 3.92. The summed E-state index contributed by atoms with van der Waals surface area (Å²) in [5.41, 5.74) is 0.0198. The van der Waals surface area contributed by atoms with Gasteiger partial charge in [-0.05, 0) is 27.7 Å². The lowest BCUT2D eigenvalue weighted by atomic mass is 10.0. The molecule has 2 unspecified atom stereocenters. The van der Waals surface area contributed by atoms with Crippen molar-refractivity contribution >= 4 is 0 Å². The molecule has 0 aromatic rings. The van der Waals surface area contributed by atoms with Gasteiger partial charge in [-0.2, -0.15) is 0 Å². The molecule has 1 N–H and O–H groups in total. The van der Waals surface area contributed by atoms with Crippen molar-refractivity contribution in [2.24, 2.45) is 0 Å². The molecule has 1 heterocycles. The molecule has 0 amide bonds. The third-order valence-electron chi connectivity index (χ3n) is 2.06. The van der Waals surface area contributed by atoms with E-state index in [-0.39, 0.29) is 5.60 Å². The first kappa shape index (κ1) is 8.02. The highest BCUT2D eigenvalue weighted by molar-refractivity contribution is 4.84. The van der Waals surface area contributed by atoms with Crippen molar-refractivity contribution in [3.05, 3.63) is 0 Å². The second-order valence-corrected chi connectivity index (χ2v) is 3.75. The fourth-order valence-electron chi connectivity index (χ4n) is 1.22. The highest BCUT2D eigenvalue weighted by atomic mass is 16.5. The summed E-state index contributed by atoms with van der Waals surface area (Å²) in [6.45, 7) is 9.45.